The summed E-state index contributed by atoms with van der Waals surface area (Å²) in [7, 11) is 0.590. The summed E-state index contributed by atoms with van der Waals surface area (Å²) in [6.07, 6.45) is 6.41. The zero-order chi connectivity index (χ0) is 17.2. The van der Waals surface area contributed by atoms with Crippen LogP contribution in [-0.4, -0.2) is 57.0 Å². The molecule has 1 N–H and O–H groups in total. The molecule has 0 amide bonds. The van der Waals surface area contributed by atoms with Crippen LogP contribution in [0.5, 0.6) is 0 Å². The Balaban J connectivity index is 0. The number of sulfone groups is 1. The minimum absolute atomic E-state index is 0. The van der Waals surface area contributed by atoms with Gasteiger partial charge < -0.3 is 10.2 Å². The molecule has 0 aliphatic heterocycles. The summed E-state index contributed by atoms with van der Waals surface area (Å²) >= 11 is 0. The van der Waals surface area contributed by atoms with E-state index in [0.717, 1.165) is 38.2 Å². The van der Waals surface area contributed by atoms with Gasteiger partial charge in [-0.05, 0) is 40.0 Å². The summed E-state index contributed by atoms with van der Waals surface area (Å²) < 4.78 is 23.4. The fourth-order valence-electron chi connectivity index (χ4n) is 1.91. The van der Waals surface area contributed by atoms with Crippen molar-refractivity contribution in [2.45, 2.75) is 51.2 Å². The Kier molecular flexibility index (Phi) is 13.1. The Bertz CT molecular complexity index is 456. The quantitative estimate of drug-likeness (QED) is 0.189. The van der Waals surface area contributed by atoms with Crippen molar-refractivity contribution in [1.82, 2.24) is 10.2 Å². The van der Waals surface area contributed by atoms with Gasteiger partial charge in [0, 0.05) is 27.2 Å². The second-order valence-electron chi connectivity index (χ2n) is 6.46. The van der Waals surface area contributed by atoms with Crippen LogP contribution in [0.4, 0.5) is 0 Å². The van der Waals surface area contributed by atoms with Crippen molar-refractivity contribution in [3.8, 4) is 0 Å². The van der Waals surface area contributed by atoms with E-state index in [9.17, 15) is 8.42 Å². The first kappa shape index (κ1) is 24.9. The molecule has 5 nitrogen and oxygen atoms in total. The Morgan fingerprint density at radius 1 is 1.26 bits per heavy atom. The lowest BCUT2D eigenvalue weighted by molar-refractivity contribution is 0.456. The van der Waals surface area contributed by atoms with Crippen molar-refractivity contribution < 1.29 is 8.42 Å². The summed E-state index contributed by atoms with van der Waals surface area (Å²) in [6.45, 7) is 10.2. The molecule has 0 rings (SSSR count). The van der Waals surface area contributed by atoms with E-state index in [2.05, 4.69) is 16.9 Å². The van der Waals surface area contributed by atoms with Gasteiger partial charge in [-0.3, -0.25) is 4.99 Å². The molecule has 0 saturated carbocycles. The lowest BCUT2D eigenvalue weighted by atomic mass is 10.2. The molecule has 7 heteroatoms. The normalized spacial score (nSPS) is 12.5. The van der Waals surface area contributed by atoms with Crippen molar-refractivity contribution in [1.29, 1.82) is 0 Å². The molecule has 23 heavy (non-hydrogen) atoms. The number of guanidine groups is 1. The Hall–Kier alpha value is -0.310. The molecule has 0 saturated heterocycles. The first-order chi connectivity index (χ1) is 10.2. The maximum Gasteiger partial charge on any atom is 0.193 e. The topological polar surface area (TPSA) is 61.8 Å². The standard InChI is InChI=1S/C16H33N3O2S.HI/c1-7-8-9-10-11-13-19(6)15(17-5)18-12-14-22(20,21)16(2,3)4;/h7H,1,8-14H2,2-6H3,(H,17,18);1H. The number of rotatable bonds is 9. The number of unbranched alkanes of at least 4 members (excludes halogenated alkanes) is 3. The molecule has 0 aliphatic rings. The van der Waals surface area contributed by atoms with Gasteiger partial charge in [0.15, 0.2) is 15.8 Å². The van der Waals surface area contributed by atoms with Crippen molar-refractivity contribution in [3.05, 3.63) is 12.7 Å². The van der Waals surface area contributed by atoms with E-state index in [0.29, 0.717) is 6.54 Å². The van der Waals surface area contributed by atoms with Gasteiger partial charge in [0.2, 0.25) is 0 Å². The smallest absolute Gasteiger partial charge is 0.193 e. The Morgan fingerprint density at radius 3 is 2.35 bits per heavy atom. The molecule has 0 bridgehead atoms. The van der Waals surface area contributed by atoms with Gasteiger partial charge in [-0.25, -0.2) is 8.42 Å². The summed E-state index contributed by atoms with van der Waals surface area (Å²) in [6, 6.07) is 0. The van der Waals surface area contributed by atoms with Gasteiger partial charge in [0.25, 0.3) is 0 Å². The maximum atomic E-state index is 12.1. The zero-order valence-electron chi connectivity index (χ0n) is 15.3. The Labute approximate surface area is 159 Å². The van der Waals surface area contributed by atoms with Crippen molar-refractivity contribution in [2.75, 3.05) is 32.9 Å². The molecule has 0 aliphatic carbocycles. The van der Waals surface area contributed by atoms with E-state index in [4.69, 9.17) is 0 Å². The third-order valence-electron chi connectivity index (χ3n) is 3.56. The molecule has 0 aromatic carbocycles. The minimum atomic E-state index is -3.10. The molecule has 138 valence electrons. The molecule has 0 spiro atoms. The first-order valence-electron chi connectivity index (χ1n) is 7.90. The van der Waals surface area contributed by atoms with Crippen LogP contribution in [0.1, 0.15) is 46.5 Å². The highest BCUT2D eigenvalue weighted by Gasteiger charge is 2.28. The third-order valence-corrected chi connectivity index (χ3v) is 6.17. The van der Waals surface area contributed by atoms with Gasteiger partial charge in [0.1, 0.15) is 0 Å². The highest BCUT2D eigenvalue weighted by Crippen LogP contribution is 2.15. The number of hydrogen-bond acceptors (Lipinski definition) is 3. The molecule has 0 fully saturated rings. The molecule has 0 radical (unpaired) electrons. The summed E-state index contributed by atoms with van der Waals surface area (Å²) in [5.74, 6) is 0.857. The van der Waals surface area contributed by atoms with Crippen molar-refractivity contribution in [3.63, 3.8) is 0 Å². The van der Waals surface area contributed by atoms with E-state index in [1.165, 1.54) is 0 Å². The largest absolute Gasteiger partial charge is 0.355 e. The van der Waals surface area contributed by atoms with Crippen LogP contribution in [0, 0.1) is 0 Å². The lowest BCUT2D eigenvalue weighted by Crippen LogP contribution is -2.43. The van der Waals surface area contributed by atoms with Crippen LogP contribution in [-0.2, 0) is 9.84 Å². The summed E-state index contributed by atoms with van der Waals surface area (Å²) in [5.41, 5.74) is 0. The minimum Gasteiger partial charge on any atom is -0.355 e. The average Bonchev–Trinajstić information content (AvgIpc) is 2.41. The highest BCUT2D eigenvalue weighted by molar-refractivity contribution is 14.0. The van der Waals surface area contributed by atoms with E-state index in [1.54, 1.807) is 27.8 Å². The number of allylic oxidation sites excluding steroid dienone is 1. The van der Waals surface area contributed by atoms with Gasteiger partial charge in [0.05, 0.1) is 10.5 Å². The fraction of sp³-hybridized carbons (Fsp3) is 0.812. The molecule has 0 atom stereocenters. The number of hydrogen-bond donors (Lipinski definition) is 1. The Morgan fingerprint density at radius 2 is 1.87 bits per heavy atom. The van der Waals surface area contributed by atoms with Crippen molar-refractivity contribution >= 4 is 39.8 Å². The molecule has 0 heterocycles. The predicted molar refractivity (Wildman–Crippen MR) is 112 cm³/mol. The van der Waals surface area contributed by atoms with Gasteiger partial charge in [-0.15, -0.1) is 30.6 Å². The van der Waals surface area contributed by atoms with Crippen LogP contribution in [0.3, 0.4) is 0 Å². The second-order valence-corrected chi connectivity index (χ2v) is 9.33. The SMILES string of the molecule is C=CCCCCCN(C)C(=NC)NCCS(=O)(=O)C(C)(C)C.I. The van der Waals surface area contributed by atoms with Crippen LogP contribution >= 0.6 is 24.0 Å². The van der Waals surface area contributed by atoms with E-state index in [1.807, 2.05) is 18.0 Å². The second kappa shape index (κ2) is 12.1. The van der Waals surface area contributed by atoms with Gasteiger partial charge in [-0.2, -0.15) is 0 Å². The van der Waals surface area contributed by atoms with Gasteiger partial charge >= 0.3 is 0 Å². The predicted octanol–water partition coefficient (Wildman–Crippen LogP) is 3.07. The summed E-state index contributed by atoms with van der Waals surface area (Å²) in [4.78, 5) is 6.24. The fourth-order valence-corrected chi connectivity index (χ4v) is 2.89. The van der Waals surface area contributed by atoms with E-state index in [-0.39, 0.29) is 29.7 Å². The van der Waals surface area contributed by atoms with E-state index >= 15 is 0 Å². The van der Waals surface area contributed by atoms with Crippen LogP contribution < -0.4 is 5.32 Å². The molecular formula is C16H34IN3O2S. The van der Waals surface area contributed by atoms with Crippen molar-refractivity contribution in [2.24, 2.45) is 4.99 Å². The maximum absolute atomic E-state index is 12.1. The van der Waals surface area contributed by atoms with Crippen LogP contribution in [0.15, 0.2) is 17.6 Å². The number of aliphatic imine (C=N–C) groups is 1. The first-order valence-corrected chi connectivity index (χ1v) is 9.56. The highest BCUT2D eigenvalue weighted by atomic mass is 127. The zero-order valence-corrected chi connectivity index (χ0v) is 18.4. The number of halogens is 1. The number of nitrogens with zero attached hydrogens (tertiary/aromatic N) is 2. The molecule has 0 unspecified atom stereocenters. The molecule has 0 aromatic rings. The van der Waals surface area contributed by atoms with Crippen LogP contribution in [0.25, 0.3) is 0 Å². The average molecular weight is 459 g/mol. The monoisotopic (exact) mass is 459 g/mol. The molecular weight excluding hydrogens is 425 g/mol. The lowest BCUT2D eigenvalue weighted by Gasteiger charge is -2.23. The number of nitrogens with one attached hydrogen (secondary N) is 1. The third kappa shape index (κ3) is 10.2. The molecule has 0 aromatic heterocycles. The summed E-state index contributed by atoms with van der Waals surface area (Å²) in [5, 5.41) is 3.13. The van der Waals surface area contributed by atoms with Crippen LogP contribution in [0.2, 0.25) is 0 Å². The van der Waals surface area contributed by atoms with E-state index < -0.39 is 14.6 Å². The van der Waals surface area contributed by atoms with Gasteiger partial charge in [-0.1, -0.05) is 12.5 Å².